The zero-order chi connectivity index (χ0) is 17.8. The summed E-state index contributed by atoms with van der Waals surface area (Å²) in [4.78, 5) is 19.7. The first-order valence-electron chi connectivity index (χ1n) is 8.19. The number of halogens is 1. The number of carbonyl (C=O) groups is 1. The lowest BCUT2D eigenvalue weighted by Crippen LogP contribution is -2.29. The van der Waals surface area contributed by atoms with Crippen molar-refractivity contribution >= 4 is 34.6 Å². The van der Waals surface area contributed by atoms with E-state index in [1.807, 2.05) is 38.1 Å². The minimum atomic E-state index is -0.290. The molecule has 0 radical (unpaired) electrons. The summed E-state index contributed by atoms with van der Waals surface area (Å²) in [5.74, 6) is -0.344. The molecule has 0 N–H and O–H groups in total. The molecule has 5 heteroatoms. The van der Waals surface area contributed by atoms with Gasteiger partial charge in [-0.25, -0.2) is 9.38 Å². The molecule has 1 heterocycles. The van der Waals surface area contributed by atoms with Crippen molar-refractivity contribution in [3.8, 4) is 0 Å². The molecule has 1 saturated heterocycles. The van der Waals surface area contributed by atoms with Gasteiger partial charge in [-0.2, -0.15) is 0 Å². The molecule has 1 amide bonds. The second-order valence-corrected chi connectivity index (χ2v) is 6.86. The quantitative estimate of drug-likeness (QED) is 0.712. The molecule has 0 spiro atoms. The van der Waals surface area contributed by atoms with Gasteiger partial charge in [0.25, 0.3) is 5.91 Å². The maximum Gasteiger partial charge on any atom is 0.266 e. The second-order valence-electron chi connectivity index (χ2n) is 5.85. The molecule has 128 valence electrons. The number of benzene rings is 2. The molecule has 0 atom stereocenters. The maximum atomic E-state index is 13.1. The van der Waals surface area contributed by atoms with Gasteiger partial charge in [0.05, 0.1) is 10.6 Å². The Kier molecular flexibility index (Phi) is 5.34. The zero-order valence-corrected chi connectivity index (χ0v) is 15.0. The minimum absolute atomic E-state index is 0.0537. The maximum absolute atomic E-state index is 13.1. The van der Waals surface area contributed by atoms with Gasteiger partial charge < -0.3 is 0 Å². The molecule has 2 aromatic carbocycles. The number of thioether (sulfide) groups is 1. The number of carbonyl (C=O) groups excluding carboxylic acids is 1. The largest absolute Gasteiger partial charge is 0.286 e. The van der Waals surface area contributed by atoms with Gasteiger partial charge in [-0.3, -0.25) is 9.69 Å². The van der Waals surface area contributed by atoms with E-state index in [0.29, 0.717) is 16.6 Å². The lowest BCUT2D eigenvalue weighted by Gasteiger charge is -2.13. The van der Waals surface area contributed by atoms with E-state index in [2.05, 4.69) is 4.99 Å². The molecule has 0 aliphatic carbocycles. The number of aryl methyl sites for hydroxylation is 1. The highest BCUT2D eigenvalue weighted by Gasteiger charge is 2.32. The van der Waals surface area contributed by atoms with E-state index in [1.54, 1.807) is 23.1 Å². The summed E-state index contributed by atoms with van der Waals surface area (Å²) in [6.07, 6.45) is 2.63. The molecule has 3 nitrogen and oxygen atoms in total. The zero-order valence-electron chi connectivity index (χ0n) is 14.2. The normalized spacial score (nSPS) is 17.7. The fraction of sp³-hybridized carbons (Fsp3) is 0.200. The predicted molar refractivity (Wildman–Crippen MR) is 102 cm³/mol. The van der Waals surface area contributed by atoms with E-state index in [1.165, 1.54) is 29.5 Å². The van der Waals surface area contributed by atoms with E-state index in [9.17, 15) is 9.18 Å². The first-order chi connectivity index (χ1) is 12.1. The molecule has 1 aliphatic rings. The van der Waals surface area contributed by atoms with Crippen LogP contribution in [0.15, 0.2) is 58.4 Å². The standard InChI is InChI=1S/C20H19FN2OS/c1-3-12-23-19(24)18(13-15-6-8-16(21)9-7-15)25-20(23)22-17-10-4-14(2)5-11-17/h4-11,13H,3,12H2,1-2H3/b18-13+,22-20?. The Morgan fingerprint density at radius 1 is 1.12 bits per heavy atom. The number of amides is 1. The van der Waals surface area contributed by atoms with Gasteiger partial charge in [-0.05, 0) is 61.0 Å². The molecule has 0 saturated carbocycles. The van der Waals surface area contributed by atoms with Crippen molar-refractivity contribution in [3.05, 3.63) is 70.4 Å². The predicted octanol–water partition coefficient (Wildman–Crippen LogP) is 5.15. The van der Waals surface area contributed by atoms with Crippen molar-refractivity contribution in [2.45, 2.75) is 20.3 Å². The number of hydrogen-bond acceptors (Lipinski definition) is 3. The Labute approximate surface area is 151 Å². The van der Waals surface area contributed by atoms with E-state index < -0.39 is 0 Å². The molecule has 2 aromatic rings. The average molecular weight is 354 g/mol. The van der Waals surface area contributed by atoms with Crippen LogP contribution in [0.1, 0.15) is 24.5 Å². The summed E-state index contributed by atoms with van der Waals surface area (Å²) < 4.78 is 13.1. The third kappa shape index (κ3) is 4.17. The summed E-state index contributed by atoms with van der Waals surface area (Å²) in [6, 6.07) is 14.0. The highest BCUT2D eigenvalue weighted by molar-refractivity contribution is 8.18. The van der Waals surface area contributed by atoms with E-state index in [0.717, 1.165) is 17.7 Å². The van der Waals surface area contributed by atoms with Crippen LogP contribution in [0.3, 0.4) is 0 Å². The van der Waals surface area contributed by atoms with Crippen LogP contribution in [0.5, 0.6) is 0 Å². The first-order valence-corrected chi connectivity index (χ1v) is 9.01. The van der Waals surface area contributed by atoms with Crippen LogP contribution < -0.4 is 0 Å². The van der Waals surface area contributed by atoms with Gasteiger partial charge in [0, 0.05) is 6.54 Å². The highest BCUT2D eigenvalue weighted by Crippen LogP contribution is 2.34. The molecule has 0 bridgehead atoms. The molecule has 1 aliphatic heterocycles. The lowest BCUT2D eigenvalue weighted by molar-refractivity contribution is -0.122. The number of nitrogens with zero attached hydrogens (tertiary/aromatic N) is 2. The summed E-state index contributed by atoms with van der Waals surface area (Å²) in [5, 5.41) is 0.684. The van der Waals surface area contributed by atoms with Crippen LogP contribution in [-0.4, -0.2) is 22.5 Å². The van der Waals surface area contributed by atoms with Crippen LogP contribution >= 0.6 is 11.8 Å². The number of hydrogen-bond donors (Lipinski definition) is 0. The van der Waals surface area contributed by atoms with Crippen molar-refractivity contribution in [3.63, 3.8) is 0 Å². The van der Waals surface area contributed by atoms with Gasteiger partial charge in [0.2, 0.25) is 0 Å². The summed E-state index contributed by atoms with van der Waals surface area (Å²) in [7, 11) is 0. The van der Waals surface area contributed by atoms with Gasteiger partial charge >= 0.3 is 0 Å². The van der Waals surface area contributed by atoms with Crippen LogP contribution in [0.2, 0.25) is 0 Å². The van der Waals surface area contributed by atoms with Crippen molar-refractivity contribution in [2.24, 2.45) is 4.99 Å². The smallest absolute Gasteiger partial charge is 0.266 e. The molecule has 0 aromatic heterocycles. The van der Waals surface area contributed by atoms with Crippen LogP contribution in [-0.2, 0) is 4.79 Å². The summed E-state index contributed by atoms with van der Waals surface area (Å²) >= 11 is 1.36. The van der Waals surface area contributed by atoms with E-state index >= 15 is 0 Å². The summed E-state index contributed by atoms with van der Waals surface area (Å²) in [5.41, 5.74) is 2.79. The third-order valence-corrected chi connectivity index (χ3v) is 4.77. The minimum Gasteiger partial charge on any atom is -0.286 e. The topological polar surface area (TPSA) is 32.7 Å². The van der Waals surface area contributed by atoms with Crippen LogP contribution in [0.25, 0.3) is 6.08 Å². The fourth-order valence-corrected chi connectivity index (χ4v) is 3.48. The Bertz CT molecular complexity index is 826. The Morgan fingerprint density at radius 2 is 1.80 bits per heavy atom. The van der Waals surface area contributed by atoms with Crippen molar-refractivity contribution in [1.29, 1.82) is 0 Å². The first kappa shape index (κ1) is 17.4. The second kappa shape index (κ2) is 7.66. The van der Waals surface area contributed by atoms with Crippen molar-refractivity contribution in [2.75, 3.05) is 6.54 Å². The van der Waals surface area contributed by atoms with E-state index in [4.69, 9.17) is 0 Å². The Balaban J connectivity index is 1.91. The third-order valence-electron chi connectivity index (χ3n) is 3.76. The number of aliphatic imine (C=N–C) groups is 1. The summed E-state index contributed by atoms with van der Waals surface area (Å²) in [6.45, 7) is 4.68. The molecular weight excluding hydrogens is 335 g/mol. The van der Waals surface area contributed by atoms with Gasteiger partial charge in [0.1, 0.15) is 5.82 Å². The molecular formula is C20H19FN2OS. The van der Waals surface area contributed by atoms with Gasteiger partial charge in [-0.1, -0.05) is 36.8 Å². The monoisotopic (exact) mass is 354 g/mol. The SMILES string of the molecule is CCCN1C(=O)/C(=C\c2ccc(F)cc2)SC1=Nc1ccc(C)cc1. The van der Waals surface area contributed by atoms with Gasteiger partial charge in [-0.15, -0.1) is 0 Å². The molecule has 0 unspecified atom stereocenters. The van der Waals surface area contributed by atoms with Crippen LogP contribution in [0.4, 0.5) is 10.1 Å². The van der Waals surface area contributed by atoms with Crippen molar-refractivity contribution < 1.29 is 9.18 Å². The Hall–Kier alpha value is -2.40. The molecule has 25 heavy (non-hydrogen) atoms. The van der Waals surface area contributed by atoms with Gasteiger partial charge in [0.15, 0.2) is 5.17 Å². The fourth-order valence-electron chi connectivity index (χ4n) is 2.45. The number of rotatable bonds is 4. The Morgan fingerprint density at radius 3 is 2.44 bits per heavy atom. The van der Waals surface area contributed by atoms with Crippen LogP contribution in [0, 0.1) is 12.7 Å². The average Bonchev–Trinajstić information content (AvgIpc) is 2.88. The molecule has 1 fully saturated rings. The van der Waals surface area contributed by atoms with Crippen molar-refractivity contribution in [1.82, 2.24) is 4.90 Å². The number of amidine groups is 1. The highest BCUT2D eigenvalue weighted by atomic mass is 32.2. The lowest BCUT2D eigenvalue weighted by atomic mass is 10.2. The molecule has 3 rings (SSSR count). The van der Waals surface area contributed by atoms with E-state index in [-0.39, 0.29) is 11.7 Å².